The number of benzene rings is 1. The first-order valence-corrected chi connectivity index (χ1v) is 7.06. The highest BCUT2D eigenvalue weighted by Gasteiger charge is 2.11. The van der Waals surface area contributed by atoms with E-state index >= 15 is 0 Å². The second-order valence-electron chi connectivity index (χ2n) is 6.50. The van der Waals surface area contributed by atoms with Gasteiger partial charge in [0.15, 0.2) is 0 Å². The summed E-state index contributed by atoms with van der Waals surface area (Å²) in [6.07, 6.45) is 2.91. The van der Waals surface area contributed by atoms with Gasteiger partial charge in [0.1, 0.15) is 12.4 Å². The molecule has 0 fully saturated rings. The number of ether oxygens (including phenoxy) is 1. The number of nitrogens with zero attached hydrogens (tertiary/aromatic N) is 1. The van der Waals surface area contributed by atoms with E-state index in [1.165, 1.54) is 5.56 Å². The van der Waals surface area contributed by atoms with Crippen LogP contribution in [0, 0.1) is 12.3 Å². The first kappa shape index (κ1) is 14.6. The quantitative estimate of drug-likeness (QED) is 0.812. The summed E-state index contributed by atoms with van der Waals surface area (Å²) in [6.45, 7) is 9.30. The molecule has 2 heteroatoms. The molecular weight excluding hydrogens is 246 g/mol. The molecule has 0 unspecified atom stereocenters. The Morgan fingerprint density at radius 3 is 2.50 bits per heavy atom. The van der Waals surface area contributed by atoms with Crippen LogP contribution in [0.3, 0.4) is 0 Å². The van der Waals surface area contributed by atoms with Gasteiger partial charge in [-0.25, -0.2) is 0 Å². The van der Waals surface area contributed by atoms with E-state index in [4.69, 9.17) is 4.74 Å². The topological polar surface area (TPSA) is 22.1 Å². The third kappa shape index (κ3) is 4.69. The molecule has 20 heavy (non-hydrogen) atoms. The molecule has 106 valence electrons. The molecule has 0 bridgehead atoms. The van der Waals surface area contributed by atoms with Crippen molar-refractivity contribution in [1.82, 2.24) is 4.98 Å². The molecule has 0 aliphatic carbocycles. The highest BCUT2D eigenvalue weighted by molar-refractivity contribution is 5.27. The van der Waals surface area contributed by atoms with Crippen LogP contribution in [0.4, 0.5) is 0 Å². The van der Waals surface area contributed by atoms with Gasteiger partial charge < -0.3 is 4.74 Å². The van der Waals surface area contributed by atoms with Crippen LogP contribution in [0.1, 0.15) is 37.6 Å². The zero-order valence-corrected chi connectivity index (χ0v) is 12.8. The van der Waals surface area contributed by atoms with Crippen molar-refractivity contribution in [1.29, 1.82) is 0 Å². The third-order valence-electron chi connectivity index (χ3n) is 2.99. The van der Waals surface area contributed by atoms with Crippen molar-refractivity contribution in [3.8, 4) is 5.75 Å². The zero-order valence-electron chi connectivity index (χ0n) is 12.8. The van der Waals surface area contributed by atoms with Crippen LogP contribution < -0.4 is 4.74 Å². The smallest absolute Gasteiger partial charge is 0.120 e. The van der Waals surface area contributed by atoms with Gasteiger partial charge in [0.25, 0.3) is 0 Å². The van der Waals surface area contributed by atoms with Crippen molar-refractivity contribution in [3.05, 3.63) is 59.4 Å². The molecule has 1 aromatic carbocycles. The summed E-state index contributed by atoms with van der Waals surface area (Å²) in [5, 5.41) is 0. The number of aryl methyl sites for hydroxylation is 1. The van der Waals surface area contributed by atoms with Gasteiger partial charge in [0.05, 0.1) is 0 Å². The van der Waals surface area contributed by atoms with Crippen molar-refractivity contribution in [2.75, 3.05) is 0 Å². The predicted molar refractivity (Wildman–Crippen MR) is 82.9 cm³/mol. The van der Waals surface area contributed by atoms with Gasteiger partial charge in [-0.2, -0.15) is 0 Å². The summed E-state index contributed by atoms with van der Waals surface area (Å²) in [5.74, 6) is 0.906. The summed E-state index contributed by atoms with van der Waals surface area (Å²) in [6, 6.07) is 12.3. The van der Waals surface area contributed by atoms with Crippen LogP contribution in [0.25, 0.3) is 0 Å². The van der Waals surface area contributed by atoms with Crippen LogP contribution in [-0.2, 0) is 13.0 Å². The van der Waals surface area contributed by atoms with Crippen molar-refractivity contribution in [2.45, 2.75) is 40.7 Å². The zero-order chi connectivity index (χ0) is 14.6. The number of rotatable bonds is 4. The van der Waals surface area contributed by atoms with Gasteiger partial charge in [-0.3, -0.25) is 4.98 Å². The van der Waals surface area contributed by atoms with E-state index in [0.717, 1.165) is 23.4 Å². The van der Waals surface area contributed by atoms with E-state index in [1.54, 1.807) is 0 Å². The number of pyridine rings is 1. The fourth-order valence-electron chi connectivity index (χ4n) is 2.06. The summed E-state index contributed by atoms with van der Waals surface area (Å²) in [4.78, 5) is 4.51. The largest absolute Gasteiger partial charge is 0.489 e. The SMILES string of the molecule is Cc1cccc(OCc2ccc(CC(C)(C)C)nc2)c1. The summed E-state index contributed by atoms with van der Waals surface area (Å²) in [7, 11) is 0. The Kier molecular flexibility index (Phi) is 4.43. The Morgan fingerprint density at radius 2 is 1.90 bits per heavy atom. The van der Waals surface area contributed by atoms with Gasteiger partial charge in [-0.05, 0) is 42.5 Å². The van der Waals surface area contributed by atoms with E-state index in [-0.39, 0.29) is 5.41 Å². The summed E-state index contributed by atoms with van der Waals surface area (Å²) >= 11 is 0. The van der Waals surface area contributed by atoms with Crippen molar-refractivity contribution in [3.63, 3.8) is 0 Å². The highest BCUT2D eigenvalue weighted by atomic mass is 16.5. The Balaban J connectivity index is 1.94. The molecule has 2 nitrogen and oxygen atoms in total. The molecular formula is C18H23NO. The normalized spacial score (nSPS) is 11.4. The van der Waals surface area contributed by atoms with Crippen molar-refractivity contribution >= 4 is 0 Å². The monoisotopic (exact) mass is 269 g/mol. The minimum Gasteiger partial charge on any atom is -0.489 e. The Labute approximate surface area is 121 Å². The van der Waals surface area contributed by atoms with Crippen molar-refractivity contribution in [2.24, 2.45) is 5.41 Å². The van der Waals surface area contributed by atoms with Gasteiger partial charge in [0, 0.05) is 17.5 Å². The molecule has 0 spiro atoms. The van der Waals surface area contributed by atoms with Crippen LogP contribution in [0.2, 0.25) is 0 Å². The van der Waals surface area contributed by atoms with E-state index in [2.05, 4.69) is 50.9 Å². The first-order valence-electron chi connectivity index (χ1n) is 7.06. The molecule has 0 atom stereocenters. The lowest BCUT2D eigenvalue weighted by Gasteiger charge is -2.17. The Hall–Kier alpha value is -1.83. The van der Waals surface area contributed by atoms with Crippen LogP contribution in [0.15, 0.2) is 42.6 Å². The van der Waals surface area contributed by atoms with Gasteiger partial charge >= 0.3 is 0 Å². The maximum Gasteiger partial charge on any atom is 0.120 e. The lowest BCUT2D eigenvalue weighted by atomic mass is 9.90. The molecule has 1 aromatic heterocycles. The molecule has 0 aliphatic rings. The number of hydrogen-bond donors (Lipinski definition) is 0. The second kappa shape index (κ2) is 6.08. The molecule has 2 aromatic rings. The summed E-state index contributed by atoms with van der Waals surface area (Å²) in [5.41, 5.74) is 3.72. The molecule has 0 aliphatic heterocycles. The fraction of sp³-hybridized carbons (Fsp3) is 0.389. The van der Waals surface area contributed by atoms with E-state index < -0.39 is 0 Å². The third-order valence-corrected chi connectivity index (χ3v) is 2.99. The van der Waals surface area contributed by atoms with E-state index in [1.807, 2.05) is 24.4 Å². The van der Waals surface area contributed by atoms with Gasteiger partial charge in [-0.15, -0.1) is 0 Å². The number of aromatic nitrogens is 1. The maximum atomic E-state index is 5.77. The molecule has 1 heterocycles. The Bertz CT molecular complexity index is 552. The maximum absolute atomic E-state index is 5.77. The molecule has 0 saturated carbocycles. The number of hydrogen-bond acceptors (Lipinski definition) is 2. The second-order valence-corrected chi connectivity index (χ2v) is 6.50. The minimum atomic E-state index is 0.270. The van der Waals surface area contributed by atoms with Crippen LogP contribution >= 0.6 is 0 Å². The molecule has 0 radical (unpaired) electrons. The molecule has 0 saturated heterocycles. The van der Waals surface area contributed by atoms with Crippen LogP contribution in [-0.4, -0.2) is 4.98 Å². The highest BCUT2D eigenvalue weighted by Crippen LogP contribution is 2.19. The molecule has 0 amide bonds. The standard InChI is InChI=1S/C18H23NO/c1-14-6-5-7-17(10-14)20-13-15-8-9-16(19-12-15)11-18(2,3)4/h5-10,12H,11,13H2,1-4H3. The average molecular weight is 269 g/mol. The fourth-order valence-corrected chi connectivity index (χ4v) is 2.06. The first-order chi connectivity index (χ1) is 9.42. The molecule has 2 rings (SSSR count). The molecule has 0 N–H and O–H groups in total. The predicted octanol–water partition coefficient (Wildman–Crippen LogP) is 4.56. The van der Waals surface area contributed by atoms with Crippen molar-refractivity contribution < 1.29 is 4.74 Å². The minimum absolute atomic E-state index is 0.270. The average Bonchev–Trinajstić information content (AvgIpc) is 2.36. The summed E-state index contributed by atoms with van der Waals surface area (Å²) < 4.78 is 5.77. The van der Waals surface area contributed by atoms with Gasteiger partial charge in [0.2, 0.25) is 0 Å². The lowest BCUT2D eigenvalue weighted by Crippen LogP contribution is -2.10. The van der Waals surface area contributed by atoms with Crippen LogP contribution in [0.5, 0.6) is 5.75 Å². The van der Waals surface area contributed by atoms with Gasteiger partial charge in [-0.1, -0.05) is 39.0 Å². The lowest BCUT2D eigenvalue weighted by molar-refractivity contribution is 0.305. The Morgan fingerprint density at radius 1 is 1.10 bits per heavy atom. The van der Waals surface area contributed by atoms with E-state index in [9.17, 15) is 0 Å². The van der Waals surface area contributed by atoms with E-state index in [0.29, 0.717) is 6.61 Å².